The smallest absolute Gasteiger partial charge is 0.126 e. The van der Waals surface area contributed by atoms with Crippen molar-refractivity contribution in [3.8, 4) is 5.75 Å². The number of hydrogen-bond donors (Lipinski definition) is 2. The third kappa shape index (κ3) is 5.91. The third-order valence-corrected chi connectivity index (χ3v) is 9.17. The minimum absolute atomic E-state index is 0.103. The van der Waals surface area contributed by atoms with E-state index in [-0.39, 0.29) is 18.6 Å². The van der Waals surface area contributed by atoms with Gasteiger partial charge in [0, 0.05) is 42.6 Å². The van der Waals surface area contributed by atoms with Crippen LogP contribution in [0.4, 0.5) is 4.39 Å². The van der Waals surface area contributed by atoms with E-state index in [1.54, 1.807) is 24.6 Å². The van der Waals surface area contributed by atoms with Crippen LogP contribution in [0.3, 0.4) is 0 Å². The summed E-state index contributed by atoms with van der Waals surface area (Å²) in [5.74, 6) is 1.74. The van der Waals surface area contributed by atoms with Crippen molar-refractivity contribution in [1.82, 2.24) is 9.88 Å². The number of nitrogens with two attached hydrogens (primary N) is 1. The number of pyridine rings is 1. The molecule has 1 atom stereocenters. The highest BCUT2D eigenvalue weighted by molar-refractivity contribution is 8.01. The molecular formula is C26H34FN3O2S2. The van der Waals surface area contributed by atoms with Gasteiger partial charge in [0.15, 0.2) is 0 Å². The van der Waals surface area contributed by atoms with Crippen LogP contribution >= 0.6 is 23.1 Å². The van der Waals surface area contributed by atoms with Crippen molar-refractivity contribution in [1.29, 1.82) is 0 Å². The highest BCUT2D eigenvalue weighted by Crippen LogP contribution is 2.41. The van der Waals surface area contributed by atoms with E-state index in [1.807, 2.05) is 30.0 Å². The van der Waals surface area contributed by atoms with E-state index in [2.05, 4.69) is 27.4 Å². The number of thiophene rings is 1. The number of methoxy groups -OCH3 is 1. The van der Waals surface area contributed by atoms with Crippen molar-refractivity contribution in [3.63, 3.8) is 0 Å². The maximum Gasteiger partial charge on any atom is 0.126 e. The Bertz CT molecular complexity index is 1050. The average molecular weight is 504 g/mol. The molecule has 0 radical (unpaired) electrons. The lowest BCUT2D eigenvalue weighted by molar-refractivity contribution is 0.0322. The Morgan fingerprint density at radius 1 is 1.32 bits per heavy atom. The van der Waals surface area contributed by atoms with E-state index >= 15 is 4.39 Å². The molecule has 3 N–H and O–H groups in total. The molecule has 0 saturated carbocycles. The Labute approximate surface area is 209 Å². The van der Waals surface area contributed by atoms with Crippen LogP contribution in [0.5, 0.6) is 5.75 Å². The van der Waals surface area contributed by atoms with Crippen molar-refractivity contribution in [2.75, 3.05) is 39.1 Å². The minimum atomic E-state index is -1.17. The molecule has 5 nitrogen and oxygen atoms in total. The molecule has 1 aromatic carbocycles. The molecule has 0 bridgehead atoms. The number of halogens is 1. The highest BCUT2D eigenvalue weighted by atomic mass is 32.2. The second kappa shape index (κ2) is 11.8. The van der Waals surface area contributed by atoms with Gasteiger partial charge in [-0.25, -0.2) is 4.39 Å². The summed E-state index contributed by atoms with van der Waals surface area (Å²) < 4.78 is 22.5. The number of alkyl halides is 1. The number of thioether (sulfide) groups is 1. The number of ether oxygens (including phenoxy) is 1. The van der Waals surface area contributed by atoms with E-state index in [0.29, 0.717) is 24.2 Å². The van der Waals surface area contributed by atoms with Gasteiger partial charge in [-0.1, -0.05) is 6.07 Å². The van der Waals surface area contributed by atoms with E-state index in [1.165, 1.54) is 4.21 Å². The van der Waals surface area contributed by atoms with Gasteiger partial charge >= 0.3 is 0 Å². The molecule has 184 valence electrons. The zero-order valence-corrected chi connectivity index (χ0v) is 21.3. The van der Waals surface area contributed by atoms with Crippen LogP contribution in [-0.4, -0.2) is 54.1 Å². The second-order valence-corrected chi connectivity index (χ2v) is 11.4. The SMILES string of the molecule is COc1ccc2ncc(CN)c(C(F)CCC3(CO)CCN(CCSc4cccs4)CC3)c2c1. The first kappa shape index (κ1) is 25.4. The molecule has 0 spiro atoms. The molecule has 1 aliphatic rings. The molecule has 0 amide bonds. The molecule has 1 aliphatic heterocycles. The van der Waals surface area contributed by atoms with Crippen molar-refractivity contribution in [3.05, 3.63) is 53.0 Å². The number of hydrogen-bond acceptors (Lipinski definition) is 7. The second-order valence-electron chi connectivity index (χ2n) is 9.07. The maximum absolute atomic E-state index is 15.8. The zero-order valence-electron chi connectivity index (χ0n) is 19.7. The zero-order chi connectivity index (χ0) is 24.0. The number of aromatic nitrogens is 1. The molecule has 3 heterocycles. The molecule has 8 heteroatoms. The fourth-order valence-electron chi connectivity index (χ4n) is 4.83. The molecule has 4 rings (SSSR count). The predicted octanol–water partition coefficient (Wildman–Crippen LogP) is 5.42. The van der Waals surface area contributed by atoms with Crippen molar-refractivity contribution >= 4 is 34.0 Å². The number of likely N-dealkylation sites (tertiary alicyclic amines) is 1. The van der Waals surface area contributed by atoms with Gasteiger partial charge in [-0.05, 0) is 79.4 Å². The van der Waals surface area contributed by atoms with Crippen LogP contribution in [0.25, 0.3) is 10.9 Å². The van der Waals surface area contributed by atoms with Crippen LogP contribution in [0, 0.1) is 5.41 Å². The predicted molar refractivity (Wildman–Crippen MR) is 140 cm³/mol. The Hall–Kier alpha value is -1.71. The normalized spacial score (nSPS) is 17.2. The summed E-state index contributed by atoms with van der Waals surface area (Å²) in [7, 11) is 1.60. The summed E-state index contributed by atoms with van der Waals surface area (Å²) in [5, 5.41) is 13.1. The first-order valence-corrected chi connectivity index (χ1v) is 13.7. The number of aliphatic hydroxyl groups is 1. The Balaban J connectivity index is 1.38. The molecule has 1 unspecified atom stereocenters. The van der Waals surface area contributed by atoms with Gasteiger partial charge in [0.2, 0.25) is 0 Å². The molecule has 0 aliphatic carbocycles. The van der Waals surface area contributed by atoms with E-state index < -0.39 is 6.17 Å². The largest absolute Gasteiger partial charge is 0.497 e. The number of aliphatic hydroxyl groups excluding tert-OH is 1. The summed E-state index contributed by atoms with van der Waals surface area (Å²) in [6, 6.07) is 9.78. The van der Waals surface area contributed by atoms with Crippen molar-refractivity contribution < 1.29 is 14.2 Å². The summed E-state index contributed by atoms with van der Waals surface area (Å²) in [5.41, 5.74) is 7.80. The lowest BCUT2D eigenvalue weighted by Gasteiger charge is -2.41. The summed E-state index contributed by atoms with van der Waals surface area (Å²) >= 11 is 3.68. The lowest BCUT2D eigenvalue weighted by atomic mass is 9.74. The topological polar surface area (TPSA) is 71.6 Å². The van der Waals surface area contributed by atoms with Gasteiger partial charge in [-0.15, -0.1) is 23.1 Å². The molecule has 2 aromatic heterocycles. The van der Waals surface area contributed by atoms with Crippen LogP contribution in [0.15, 0.2) is 46.1 Å². The third-order valence-electron chi connectivity index (χ3n) is 7.06. The molecule has 1 fully saturated rings. The van der Waals surface area contributed by atoms with Crippen LogP contribution in [-0.2, 0) is 6.54 Å². The summed E-state index contributed by atoms with van der Waals surface area (Å²) in [4.78, 5) is 6.92. The van der Waals surface area contributed by atoms with E-state index in [0.717, 1.165) is 54.7 Å². The lowest BCUT2D eigenvalue weighted by Crippen LogP contribution is -2.42. The Kier molecular flexibility index (Phi) is 8.82. The van der Waals surface area contributed by atoms with Crippen LogP contribution < -0.4 is 10.5 Å². The first-order valence-electron chi connectivity index (χ1n) is 11.9. The fraction of sp³-hybridized carbons (Fsp3) is 0.500. The van der Waals surface area contributed by atoms with Gasteiger partial charge in [-0.2, -0.15) is 0 Å². The number of rotatable bonds is 11. The molecule has 34 heavy (non-hydrogen) atoms. The van der Waals surface area contributed by atoms with E-state index in [4.69, 9.17) is 10.5 Å². The van der Waals surface area contributed by atoms with Crippen LogP contribution in [0.1, 0.15) is 43.0 Å². The number of fused-ring (bicyclic) bond motifs is 1. The maximum atomic E-state index is 15.8. The van der Waals surface area contributed by atoms with Gasteiger partial charge in [0.1, 0.15) is 11.9 Å². The summed E-state index contributed by atoms with van der Waals surface area (Å²) in [6.07, 6.45) is 3.33. The first-order chi connectivity index (χ1) is 16.6. The average Bonchev–Trinajstić information content (AvgIpc) is 3.40. The van der Waals surface area contributed by atoms with Gasteiger partial charge in [-0.3, -0.25) is 4.98 Å². The standard InChI is InChI=1S/C26H34FN3O2S2/c1-32-20-4-5-23-21(15-20)25(19(16-28)17-29-23)22(27)6-7-26(18-31)8-10-30(11-9-26)12-14-34-24-3-2-13-33-24/h2-5,13,15,17,22,31H,6-12,14,16,18,28H2,1H3. The Morgan fingerprint density at radius 2 is 2.15 bits per heavy atom. The molecule has 1 saturated heterocycles. The van der Waals surface area contributed by atoms with Crippen molar-refractivity contribution in [2.45, 2.75) is 42.6 Å². The van der Waals surface area contributed by atoms with Gasteiger partial charge in [0.05, 0.1) is 16.8 Å². The van der Waals surface area contributed by atoms with Crippen LogP contribution in [0.2, 0.25) is 0 Å². The van der Waals surface area contributed by atoms with Crippen molar-refractivity contribution in [2.24, 2.45) is 11.1 Å². The van der Waals surface area contributed by atoms with E-state index in [9.17, 15) is 5.11 Å². The number of benzene rings is 1. The highest BCUT2D eigenvalue weighted by Gasteiger charge is 2.35. The van der Waals surface area contributed by atoms with Gasteiger partial charge < -0.3 is 20.5 Å². The monoisotopic (exact) mass is 503 g/mol. The van der Waals surface area contributed by atoms with Gasteiger partial charge in [0.25, 0.3) is 0 Å². The molecule has 3 aromatic rings. The summed E-state index contributed by atoms with van der Waals surface area (Å²) in [6.45, 7) is 3.28. The quantitative estimate of drug-likeness (QED) is 0.341. The Morgan fingerprint density at radius 3 is 2.82 bits per heavy atom. The minimum Gasteiger partial charge on any atom is -0.497 e. The number of nitrogens with zero attached hydrogens (tertiary/aromatic N) is 2. The molecular weight excluding hydrogens is 469 g/mol. The number of piperidine rings is 1. The fourth-order valence-corrected chi connectivity index (χ4v) is 6.69.